The zero-order valence-corrected chi connectivity index (χ0v) is 17.2. The van der Waals surface area contributed by atoms with Crippen LogP contribution in [-0.4, -0.2) is 63.4 Å². The smallest absolute Gasteiger partial charge is 0.336 e. The average Bonchev–Trinajstić information content (AvgIpc) is 2.75. The second kappa shape index (κ2) is 8.49. The number of alkyl halides is 1. The quantitative estimate of drug-likeness (QED) is 0.668. The Kier molecular flexibility index (Phi) is 6.40. The molecule has 6 atom stereocenters. The van der Waals surface area contributed by atoms with Gasteiger partial charge in [-0.05, 0) is 25.5 Å². The minimum Gasteiger partial charge on any atom is -0.466 e. The normalized spacial score (nSPS) is 36.8. The molecule has 0 saturated carbocycles. The molecule has 1 fully saturated rings. The number of ether oxygens (including phenoxy) is 6. The lowest BCUT2D eigenvalue weighted by atomic mass is 9.87. The van der Waals surface area contributed by atoms with Gasteiger partial charge in [0.15, 0.2) is 6.17 Å². The van der Waals surface area contributed by atoms with E-state index in [1.54, 1.807) is 13.8 Å². The Bertz CT molecular complexity index is 755. The van der Waals surface area contributed by atoms with E-state index < -0.39 is 42.0 Å². The van der Waals surface area contributed by atoms with Gasteiger partial charge in [-0.1, -0.05) is 30.3 Å². The van der Waals surface area contributed by atoms with Crippen molar-refractivity contribution in [1.82, 2.24) is 0 Å². The number of esters is 1. The molecule has 2 aliphatic rings. The summed E-state index contributed by atoms with van der Waals surface area (Å²) in [5.74, 6) is -3.52. The standard InChI is InChI=1S/C21H27FO7/c1-20(25-4)21(2,26-5)29-18-16(22)14(19(23)24-3)11-15(17(18)28-20)27-12-13-9-7-6-8-10-13/h6-11,15-18H,12H2,1-5H3/t15-,16+,17-,18-,20+,21+/m1/s1. The SMILES string of the molecule is COC(=O)C1=C[C@@H](OCc2ccccc2)[C@H]2O[C@](C)(OC)[C@@](C)(OC)O[C@@H]2[C@H]1F. The summed E-state index contributed by atoms with van der Waals surface area (Å²) in [5.41, 5.74) is 0.752. The molecule has 0 amide bonds. The Morgan fingerprint density at radius 2 is 1.62 bits per heavy atom. The summed E-state index contributed by atoms with van der Waals surface area (Å²) in [6, 6.07) is 9.49. The maximum Gasteiger partial charge on any atom is 0.336 e. The van der Waals surface area contributed by atoms with Gasteiger partial charge in [0.25, 0.3) is 0 Å². The number of fused-ring (bicyclic) bond motifs is 1. The summed E-state index contributed by atoms with van der Waals surface area (Å²) >= 11 is 0. The first-order chi connectivity index (χ1) is 13.8. The van der Waals surface area contributed by atoms with Crippen molar-refractivity contribution < 1.29 is 37.6 Å². The first-order valence-electron chi connectivity index (χ1n) is 9.34. The molecule has 0 unspecified atom stereocenters. The third-order valence-electron chi connectivity index (χ3n) is 5.61. The third kappa shape index (κ3) is 3.95. The van der Waals surface area contributed by atoms with E-state index in [0.717, 1.165) is 5.56 Å². The molecule has 7 nitrogen and oxygen atoms in total. The number of rotatable bonds is 6. The van der Waals surface area contributed by atoms with Crippen LogP contribution in [0.5, 0.6) is 0 Å². The lowest BCUT2D eigenvalue weighted by Gasteiger charge is -2.54. The lowest BCUT2D eigenvalue weighted by Crippen LogP contribution is -2.69. The van der Waals surface area contributed by atoms with E-state index in [4.69, 9.17) is 28.4 Å². The highest BCUT2D eigenvalue weighted by atomic mass is 19.1. The van der Waals surface area contributed by atoms with Crippen molar-refractivity contribution in [2.75, 3.05) is 21.3 Å². The maximum absolute atomic E-state index is 15.3. The van der Waals surface area contributed by atoms with Gasteiger partial charge in [-0.25, -0.2) is 9.18 Å². The molecular formula is C21H27FO7. The maximum atomic E-state index is 15.3. The molecule has 160 valence electrons. The lowest BCUT2D eigenvalue weighted by molar-refractivity contribution is -0.457. The van der Waals surface area contributed by atoms with E-state index >= 15 is 4.39 Å². The Morgan fingerprint density at radius 3 is 2.17 bits per heavy atom. The van der Waals surface area contributed by atoms with Crippen LogP contribution in [0.3, 0.4) is 0 Å². The first kappa shape index (κ1) is 21.9. The van der Waals surface area contributed by atoms with Crippen molar-refractivity contribution >= 4 is 5.97 Å². The van der Waals surface area contributed by atoms with E-state index in [2.05, 4.69) is 0 Å². The van der Waals surface area contributed by atoms with Gasteiger partial charge in [0, 0.05) is 14.2 Å². The summed E-state index contributed by atoms with van der Waals surface area (Å²) in [6.45, 7) is 3.48. The number of methoxy groups -OCH3 is 3. The Morgan fingerprint density at radius 1 is 1.03 bits per heavy atom. The van der Waals surface area contributed by atoms with Gasteiger partial charge in [-0.2, -0.15) is 0 Å². The van der Waals surface area contributed by atoms with Crippen molar-refractivity contribution in [3.8, 4) is 0 Å². The molecule has 0 bridgehead atoms. The fourth-order valence-corrected chi connectivity index (χ4v) is 3.56. The predicted molar refractivity (Wildman–Crippen MR) is 101 cm³/mol. The molecule has 0 N–H and O–H groups in total. The number of hydrogen-bond donors (Lipinski definition) is 0. The molecule has 1 aromatic rings. The molecule has 0 radical (unpaired) electrons. The second-order valence-electron chi connectivity index (χ2n) is 7.24. The Hall–Kier alpha value is -1.84. The minimum absolute atomic E-state index is 0.171. The first-order valence-corrected chi connectivity index (χ1v) is 9.34. The minimum atomic E-state index is -1.78. The van der Waals surface area contributed by atoms with Crippen LogP contribution < -0.4 is 0 Å². The molecular weight excluding hydrogens is 383 g/mol. The van der Waals surface area contributed by atoms with Gasteiger partial charge in [0.1, 0.15) is 18.3 Å². The average molecular weight is 410 g/mol. The number of carbonyl (C=O) groups is 1. The number of hydrogen-bond acceptors (Lipinski definition) is 7. The Labute approximate surface area is 169 Å². The zero-order valence-electron chi connectivity index (χ0n) is 17.2. The molecule has 29 heavy (non-hydrogen) atoms. The monoisotopic (exact) mass is 410 g/mol. The summed E-state index contributed by atoms with van der Waals surface area (Å²) in [5, 5.41) is 0. The number of halogens is 1. The molecule has 1 heterocycles. The van der Waals surface area contributed by atoms with Crippen LogP contribution in [0.4, 0.5) is 4.39 Å². The summed E-state index contributed by atoms with van der Waals surface area (Å²) in [7, 11) is 4.06. The van der Waals surface area contributed by atoms with E-state index in [1.807, 2.05) is 30.3 Å². The second-order valence-corrected chi connectivity index (χ2v) is 7.24. The van der Waals surface area contributed by atoms with Crippen LogP contribution in [0.2, 0.25) is 0 Å². The van der Waals surface area contributed by atoms with E-state index in [9.17, 15) is 4.79 Å². The highest BCUT2D eigenvalue weighted by Crippen LogP contribution is 2.44. The van der Waals surface area contributed by atoms with E-state index in [-0.39, 0.29) is 12.2 Å². The van der Waals surface area contributed by atoms with Crippen molar-refractivity contribution in [1.29, 1.82) is 0 Å². The highest BCUT2D eigenvalue weighted by Gasteiger charge is 2.61. The summed E-state index contributed by atoms with van der Waals surface area (Å²) < 4.78 is 49.1. The number of benzene rings is 1. The van der Waals surface area contributed by atoms with Crippen LogP contribution in [0, 0.1) is 0 Å². The molecule has 8 heteroatoms. The fraction of sp³-hybridized carbons (Fsp3) is 0.571. The van der Waals surface area contributed by atoms with Gasteiger partial charge in [-0.15, -0.1) is 0 Å². The van der Waals surface area contributed by atoms with Gasteiger partial charge >= 0.3 is 5.97 Å². The molecule has 0 spiro atoms. The molecule has 1 saturated heterocycles. The van der Waals surface area contributed by atoms with Crippen LogP contribution in [0.15, 0.2) is 42.0 Å². The molecule has 1 aliphatic heterocycles. The Balaban J connectivity index is 1.94. The molecule has 1 aromatic carbocycles. The zero-order chi connectivity index (χ0) is 21.2. The van der Waals surface area contributed by atoms with Gasteiger partial charge in [0.05, 0.1) is 19.3 Å². The predicted octanol–water partition coefficient (Wildman–Crippen LogP) is 2.53. The topological polar surface area (TPSA) is 72.5 Å². The number of carbonyl (C=O) groups excluding carboxylic acids is 1. The van der Waals surface area contributed by atoms with E-state index in [1.165, 1.54) is 27.4 Å². The van der Waals surface area contributed by atoms with Gasteiger partial charge < -0.3 is 28.4 Å². The molecule has 3 rings (SSSR count). The van der Waals surface area contributed by atoms with Crippen LogP contribution >= 0.6 is 0 Å². The van der Waals surface area contributed by atoms with E-state index in [0.29, 0.717) is 0 Å². The van der Waals surface area contributed by atoms with Crippen LogP contribution in [0.25, 0.3) is 0 Å². The molecule has 1 aliphatic carbocycles. The van der Waals surface area contributed by atoms with Crippen molar-refractivity contribution in [2.45, 2.75) is 56.5 Å². The van der Waals surface area contributed by atoms with Crippen LogP contribution in [-0.2, 0) is 39.8 Å². The summed E-state index contributed by atoms with van der Waals surface area (Å²) in [6.07, 6.45) is -3.16. The van der Waals surface area contributed by atoms with Crippen molar-refractivity contribution in [3.05, 3.63) is 47.5 Å². The summed E-state index contributed by atoms with van der Waals surface area (Å²) in [4.78, 5) is 12.1. The van der Waals surface area contributed by atoms with Crippen LogP contribution in [0.1, 0.15) is 19.4 Å². The fourth-order valence-electron chi connectivity index (χ4n) is 3.56. The largest absolute Gasteiger partial charge is 0.466 e. The van der Waals surface area contributed by atoms with Crippen molar-refractivity contribution in [2.24, 2.45) is 0 Å². The third-order valence-corrected chi connectivity index (χ3v) is 5.61. The van der Waals surface area contributed by atoms with Crippen molar-refractivity contribution in [3.63, 3.8) is 0 Å². The molecule has 0 aromatic heterocycles. The highest BCUT2D eigenvalue weighted by molar-refractivity contribution is 5.90. The van der Waals surface area contributed by atoms with Gasteiger partial charge in [0.2, 0.25) is 11.6 Å². The van der Waals surface area contributed by atoms with Gasteiger partial charge in [-0.3, -0.25) is 0 Å².